The number of benzene rings is 8. The van der Waals surface area contributed by atoms with Crippen LogP contribution >= 0.6 is 63.0 Å². The lowest BCUT2D eigenvalue weighted by molar-refractivity contribution is 0.00578. The van der Waals surface area contributed by atoms with Crippen LogP contribution in [-0.4, -0.2) is 57.0 Å². The molecule has 4 atom stereocenters. The predicted molar refractivity (Wildman–Crippen MR) is 483 cm³/mol. The van der Waals surface area contributed by atoms with Crippen molar-refractivity contribution in [2.75, 3.05) is 21.3 Å². The van der Waals surface area contributed by atoms with Gasteiger partial charge in [-0.05, 0) is 260 Å². The summed E-state index contributed by atoms with van der Waals surface area (Å²) < 4.78 is 67.7. The number of ether oxygens (including phenoxy) is 5. The monoisotopic (exact) mass is 1690 g/mol. The average molecular weight is 1690 g/mol. The van der Waals surface area contributed by atoms with Gasteiger partial charge in [-0.25, -0.2) is 8.78 Å². The van der Waals surface area contributed by atoms with Crippen LogP contribution in [0.1, 0.15) is 219 Å². The molecule has 20 heteroatoms. The van der Waals surface area contributed by atoms with E-state index in [-0.39, 0.29) is 73.5 Å². The Balaban J connectivity index is 0.000000183. The van der Waals surface area contributed by atoms with E-state index in [0.717, 1.165) is 129 Å². The van der Waals surface area contributed by atoms with Crippen molar-refractivity contribution >= 4 is 110 Å². The van der Waals surface area contributed by atoms with E-state index in [9.17, 15) is 24.4 Å². The number of nitrogens with zero attached hydrogens (tertiary/aromatic N) is 4. The second-order valence-corrected chi connectivity index (χ2v) is 35.5. The number of aliphatic hydroxyl groups excluding tert-OH is 1. The third-order valence-electron chi connectivity index (χ3n) is 20.5. The highest BCUT2D eigenvalue weighted by Crippen LogP contribution is 2.48. The van der Waals surface area contributed by atoms with Crippen LogP contribution in [0, 0.1) is 57.0 Å². The molecule has 0 aromatic heterocycles. The third-order valence-corrected chi connectivity index (χ3v) is 24.6. The van der Waals surface area contributed by atoms with Crippen LogP contribution in [0.4, 0.5) is 8.78 Å². The smallest absolute Gasteiger partial charge is 0.490 e. The molecule has 0 amide bonds. The molecule has 5 aliphatic rings. The van der Waals surface area contributed by atoms with Crippen molar-refractivity contribution < 1.29 is 46.9 Å². The summed E-state index contributed by atoms with van der Waals surface area (Å²) in [7, 11) is 5.00. The number of rotatable bonds is 23. The molecule has 13 rings (SSSR count). The minimum absolute atomic E-state index is 0. The fourth-order valence-electron chi connectivity index (χ4n) is 14.1. The second kappa shape index (κ2) is 41.8. The second-order valence-electron chi connectivity index (χ2n) is 29.3. The quantitative estimate of drug-likeness (QED) is 0.0597. The Hall–Kier alpha value is -9.20. The van der Waals surface area contributed by atoms with Crippen molar-refractivity contribution in [1.29, 1.82) is 21.0 Å². The Labute approximate surface area is 711 Å². The molecule has 12 nitrogen and oxygen atoms in total. The van der Waals surface area contributed by atoms with Crippen molar-refractivity contribution in [1.82, 2.24) is 0 Å². The number of fused-ring (bicyclic) bond motifs is 4. The molecule has 4 aliphatic carbocycles. The van der Waals surface area contributed by atoms with Gasteiger partial charge in [-0.3, -0.25) is 0 Å². The Morgan fingerprint density at radius 3 is 1.11 bits per heavy atom. The summed E-state index contributed by atoms with van der Waals surface area (Å²) in [5.41, 5.74) is 18.1. The molecule has 8 aromatic carbocycles. The zero-order valence-electron chi connectivity index (χ0n) is 67.1. The lowest BCUT2D eigenvalue weighted by atomic mass is 9.75. The molecule has 1 saturated heterocycles. The first-order valence-electron chi connectivity index (χ1n) is 37.6. The summed E-state index contributed by atoms with van der Waals surface area (Å²) in [6.45, 7) is 48.7. The minimum Gasteiger partial charge on any atom is -0.490 e. The summed E-state index contributed by atoms with van der Waals surface area (Å²) >= 11 is 8.99. The van der Waals surface area contributed by atoms with E-state index in [2.05, 4.69) is 157 Å². The largest absolute Gasteiger partial charge is 0.495 e. The van der Waals surface area contributed by atoms with E-state index in [1.54, 1.807) is 45.6 Å². The number of hydrogen-bond acceptors (Lipinski definition) is 16. The molecule has 1 heterocycles. The van der Waals surface area contributed by atoms with Crippen molar-refractivity contribution in [2.45, 2.75) is 162 Å². The van der Waals surface area contributed by atoms with Crippen LogP contribution in [0.3, 0.4) is 0 Å². The molecule has 600 valence electrons. The number of halogens is 3. The van der Waals surface area contributed by atoms with Crippen LogP contribution in [0.15, 0.2) is 202 Å². The Bertz CT molecular complexity index is 5250. The lowest BCUT2D eigenvalue weighted by Crippen LogP contribution is -2.41. The van der Waals surface area contributed by atoms with Crippen LogP contribution < -0.4 is 14.9 Å². The SMILES string of the molecule is C.C=C(Br)SC(=C)c1ccc(F)c(C#N)c1.C=C(SC(=C)c1cccc2c1CC[C@H]2O)c1ccc(OC(C)C)c(C#N)c1.C=C(SC(=C)c1cccc2c1CC[C@H]2OC)c1ccc(F)c(C#N)c1.C=C(SC(=C)c1cccc2c1CC[C@H]2OC)c1ccc(OC(C)C)c(C#N)c1.CO[C@@H]1CCc2c(B3OC(C)(C)C(C)(C)O3)cccc21. The van der Waals surface area contributed by atoms with Gasteiger partial charge in [0.15, 0.2) is 0 Å². The van der Waals surface area contributed by atoms with Gasteiger partial charge in [0, 0.05) is 59.5 Å². The van der Waals surface area contributed by atoms with Gasteiger partial charge in [0.25, 0.3) is 0 Å². The van der Waals surface area contributed by atoms with E-state index in [1.165, 1.54) is 116 Å². The maximum absolute atomic E-state index is 13.5. The van der Waals surface area contributed by atoms with Gasteiger partial charge in [0.2, 0.25) is 0 Å². The highest BCUT2D eigenvalue weighted by atomic mass is 79.9. The Morgan fingerprint density at radius 2 is 0.759 bits per heavy atom. The van der Waals surface area contributed by atoms with Crippen LogP contribution in [0.5, 0.6) is 11.5 Å². The van der Waals surface area contributed by atoms with Crippen LogP contribution in [-0.2, 0) is 49.2 Å². The van der Waals surface area contributed by atoms with E-state index in [1.807, 2.05) is 88.4 Å². The maximum atomic E-state index is 13.5. The third kappa shape index (κ3) is 22.5. The van der Waals surface area contributed by atoms with Crippen LogP contribution in [0.2, 0.25) is 0 Å². The van der Waals surface area contributed by atoms with E-state index in [0.29, 0.717) is 27.5 Å². The van der Waals surface area contributed by atoms with Gasteiger partial charge in [-0.2, -0.15) is 21.0 Å². The zero-order chi connectivity index (χ0) is 83.8. The number of thioether (sulfide) groups is 4. The first kappa shape index (κ1) is 92.3. The van der Waals surface area contributed by atoms with Crippen molar-refractivity contribution in [3.05, 3.63) is 319 Å². The molecule has 0 saturated carbocycles. The van der Waals surface area contributed by atoms with Crippen molar-refractivity contribution in [3.63, 3.8) is 0 Å². The van der Waals surface area contributed by atoms with Gasteiger partial charge in [0.1, 0.15) is 47.4 Å². The van der Waals surface area contributed by atoms with Gasteiger partial charge >= 0.3 is 7.12 Å². The topological polar surface area (TPSA) is 180 Å². The average Bonchev–Trinajstić information content (AvgIpc) is 1.60. The van der Waals surface area contributed by atoms with Gasteiger partial charge < -0.3 is 38.1 Å². The van der Waals surface area contributed by atoms with Crippen molar-refractivity contribution in [3.8, 4) is 35.8 Å². The molecule has 0 radical (unpaired) electrons. The summed E-state index contributed by atoms with van der Waals surface area (Å²) in [5.74, 6) is 0.151. The van der Waals surface area contributed by atoms with E-state index < -0.39 is 11.6 Å². The number of hydrogen-bond donors (Lipinski definition) is 1. The number of methoxy groups -OCH3 is 3. The Morgan fingerprint density at radius 1 is 0.448 bits per heavy atom. The van der Waals surface area contributed by atoms with Gasteiger partial charge in [0.05, 0.1) is 70.1 Å². The van der Waals surface area contributed by atoms with Gasteiger partial charge in [-0.15, -0.1) is 0 Å². The molecular weight excluding hydrogens is 1590 g/mol. The number of nitriles is 4. The molecular formula is C96H100BBrF2N4O8S4. The molecule has 0 bridgehead atoms. The summed E-state index contributed by atoms with van der Waals surface area (Å²) in [4.78, 5) is 5.88. The normalized spacial score (nSPS) is 16.4. The van der Waals surface area contributed by atoms with E-state index in [4.69, 9.17) is 43.5 Å². The summed E-state index contributed by atoms with van der Waals surface area (Å²) in [6, 6.07) is 52.8. The van der Waals surface area contributed by atoms with Gasteiger partial charge in [-0.1, -0.05) is 204 Å². The number of aliphatic hydroxyl groups is 1. The zero-order valence-corrected chi connectivity index (χ0v) is 71.9. The molecule has 8 aromatic rings. The van der Waals surface area contributed by atoms with Crippen molar-refractivity contribution in [2.24, 2.45) is 0 Å². The first-order valence-corrected chi connectivity index (χ1v) is 41.7. The lowest BCUT2D eigenvalue weighted by Gasteiger charge is -2.32. The molecule has 1 N–H and O–H groups in total. The molecule has 116 heavy (non-hydrogen) atoms. The Kier molecular flexibility index (Phi) is 33.2. The minimum atomic E-state index is -0.519. The summed E-state index contributed by atoms with van der Waals surface area (Å²) in [6.07, 6.45) is 7.82. The van der Waals surface area contributed by atoms with Crippen LogP contribution in [0.25, 0.3) is 34.3 Å². The first-order chi connectivity index (χ1) is 54.8. The van der Waals surface area contributed by atoms with E-state index >= 15 is 0 Å². The fraction of sp³-hybridized carbons (Fsp3) is 0.292. The molecule has 0 unspecified atom stereocenters. The standard InChI is InChI=1S/C24H25NO2S.C23H23NO2S.C21H18FNOS.C16H23BO3.C11H7BrFNS.CH4/c1-15(2)27-23-11-9-18(13-19(23)14-25)16(3)28-17(4)20-7-6-8-22-21(20)10-12-24(22)26-5;1-14(2)26-23-11-8-17(12-18(23)13-24)15(3)27-16(4)19-6-5-7-21-20(19)9-10-22(21)25;1-13(15-7-9-20(22)16(11-15)12-23)25-14(2)17-5-4-6-19-18(17)8-10-21(19)24-3;1-15(2)16(3,4)20-17(19-15)13-8-6-7-12-11(13)9-10-14(12)18-5;1-7(15-8(2)12)9-3-4-11(13)10(5-9)6-14;/h6-9,11,13,15,24H,3-4,10,12H2,1-2,5H3;5-8,11-12,14,22,25H,3-4,9-10H2,1-2H3;4-7,9,11,21H,1-2,8,10H2,3H3;6-8,14H,9-10H2,1-5H3;3-5H,1-2H2;1H4/t24-;22-;21-;14-;;/m1111../s1. The summed E-state index contributed by atoms with van der Waals surface area (Å²) in [5, 5.41) is 46.6. The molecule has 0 spiro atoms. The molecule has 1 fully saturated rings. The molecule has 1 aliphatic heterocycles. The predicted octanol–water partition coefficient (Wildman–Crippen LogP) is 25.3. The highest BCUT2D eigenvalue weighted by Gasteiger charge is 2.52. The fourth-order valence-corrected chi connectivity index (χ4v) is 17.7. The highest BCUT2D eigenvalue weighted by molar-refractivity contribution is 9.14. The maximum Gasteiger partial charge on any atom is 0.495 e.